The maximum atomic E-state index is 9.90. The van der Waals surface area contributed by atoms with Gasteiger partial charge in [-0.15, -0.1) is 0 Å². The Morgan fingerprint density at radius 1 is 1.75 bits per heavy atom. The van der Waals surface area contributed by atoms with Crippen LogP contribution >= 0.6 is 0 Å². The molecule has 4 heteroatoms. The van der Waals surface area contributed by atoms with Crippen molar-refractivity contribution in [1.29, 1.82) is 0 Å². The third-order valence-electron chi connectivity index (χ3n) is 1.31. The Balaban J connectivity index is 3.18. The van der Waals surface area contributed by atoms with Crippen LogP contribution < -0.4 is 0 Å². The molecule has 0 heterocycles. The van der Waals surface area contributed by atoms with E-state index in [0.29, 0.717) is 6.42 Å². The molecule has 0 rings (SSSR count). The van der Waals surface area contributed by atoms with E-state index in [1.54, 1.807) is 0 Å². The lowest BCUT2D eigenvalue weighted by molar-refractivity contribution is 0.0827. The number of carboxylic acid groups (broad SMARTS) is 1. The number of rotatable bonds is 6. The third-order valence-corrected chi connectivity index (χ3v) is 1.31. The van der Waals surface area contributed by atoms with Gasteiger partial charge in [-0.1, -0.05) is 6.58 Å². The summed E-state index contributed by atoms with van der Waals surface area (Å²) in [4.78, 5) is 9.90. The van der Waals surface area contributed by atoms with Crippen molar-refractivity contribution < 1.29 is 19.4 Å². The largest absolute Gasteiger partial charge is 0.505 e. The number of hydrogen-bond acceptors (Lipinski definition) is 3. The van der Waals surface area contributed by atoms with E-state index >= 15 is 0 Å². The second-order valence-electron chi connectivity index (χ2n) is 2.37. The molecule has 0 spiro atoms. The molecule has 0 saturated carbocycles. The highest BCUT2D eigenvalue weighted by Gasteiger charge is 2.01. The molecule has 0 aromatic rings. The number of hydrogen-bond donors (Lipinski definition) is 1. The highest BCUT2D eigenvalue weighted by molar-refractivity contribution is 5.56. The topological polar surface area (TPSA) is 55.8 Å². The van der Waals surface area contributed by atoms with Crippen LogP contribution in [-0.2, 0) is 9.47 Å². The molecule has 1 atom stereocenters. The lowest BCUT2D eigenvalue weighted by atomic mass is 10.2. The van der Waals surface area contributed by atoms with Crippen LogP contribution in [0.5, 0.6) is 0 Å². The van der Waals surface area contributed by atoms with Crippen molar-refractivity contribution in [2.45, 2.75) is 25.9 Å². The fourth-order valence-electron chi connectivity index (χ4n) is 0.763. The van der Waals surface area contributed by atoms with Gasteiger partial charge in [0.1, 0.15) is 0 Å². The maximum Gasteiger partial charge on any atom is 0.505 e. The van der Waals surface area contributed by atoms with Gasteiger partial charge in [-0.05, 0) is 19.8 Å². The molecular formula is C8H14O4. The van der Waals surface area contributed by atoms with Crippen molar-refractivity contribution in [1.82, 2.24) is 0 Å². The lowest BCUT2D eigenvalue weighted by Gasteiger charge is -2.09. The molecular weight excluding hydrogens is 160 g/mol. The molecule has 0 saturated heterocycles. The molecule has 0 fully saturated rings. The van der Waals surface area contributed by atoms with E-state index in [9.17, 15) is 4.79 Å². The van der Waals surface area contributed by atoms with E-state index in [0.717, 1.165) is 6.42 Å². The molecule has 0 aliphatic heterocycles. The van der Waals surface area contributed by atoms with Gasteiger partial charge in [0.15, 0.2) is 0 Å². The summed E-state index contributed by atoms with van der Waals surface area (Å²) >= 11 is 0. The first-order valence-corrected chi connectivity index (χ1v) is 3.79. The van der Waals surface area contributed by atoms with Crippen molar-refractivity contribution >= 4 is 6.16 Å². The monoisotopic (exact) mass is 174 g/mol. The summed E-state index contributed by atoms with van der Waals surface area (Å²) in [6.45, 7) is 5.52. The molecule has 12 heavy (non-hydrogen) atoms. The summed E-state index contributed by atoms with van der Waals surface area (Å²) < 4.78 is 9.32. The molecule has 0 aliphatic rings. The quantitative estimate of drug-likeness (QED) is 0.380. The predicted molar refractivity (Wildman–Crippen MR) is 44.0 cm³/mol. The van der Waals surface area contributed by atoms with Gasteiger partial charge in [0.25, 0.3) is 0 Å². The minimum absolute atomic E-state index is 0.0693. The van der Waals surface area contributed by atoms with Crippen molar-refractivity contribution in [2.75, 3.05) is 6.61 Å². The third kappa shape index (κ3) is 6.92. The number of carbonyl (C=O) groups is 1. The van der Waals surface area contributed by atoms with E-state index in [-0.39, 0.29) is 12.7 Å². The first-order valence-electron chi connectivity index (χ1n) is 3.79. The smallest absolute Gasteiger partial charge is 0.499 e. The zero-order chi connectivity index (χ0) is 9.40. The fourth-order valence-corrected chi connectivity index (χ4v) is 0.763. The Morgan fingerprint density at radius 2 is 2.42 bits per heavy atom. The highest BCUT2D eigenvalue weighted by atomic mass is 16.7. The Morgan fingerprint density at radius 3 is 2.92 bits per heavy atom. The Bertz CT molecular complexity index is 144. The van der Waals surface area contributed by atoms with Crippen LogP contribution in [0, 0.1) is 0 Å². The molecule has 0 bridgehead atoms. The van der Waals surface area contributed by atoms with E-state index < -0.39 is 6.16 Å². The van der Waals surface area contributed by atoms with Crippen LogP contribution in [-0.4, -0.2) is 24.0 Å². The second kappa shape index (κ2) is 6.52. The van der Waals surface area contributed by atoms with Crippen LogP contribution in [0.4, 0.5) is 4.79 Å². The van der Waals surface area contributed by atoms with Crippen molar-refractivity contribution in [3.05, 3.63) is 12.8 Å². The molecule has 4 nitrogen and oxygen atoms in total. The minimum Gasteiger partial charge on any atom is -0.499 e. The summed E-state index contributed by atoms with van der Waals surface area (Å²) in [5.74, 6) is 0. The zero-order valence-corrected chi connectivity index (χ0v) is 7.16. The normalized spacial score (nSPS) is 11.8. The summed E-state index contributed by atoms with van der Waals surface area (Å²) in [7, 11) is 0. The summed E-state index contributed by atoms with van der Waals surface area (Å²) in [5, 5.41) is 8.11. The Hall–Kier alpha value is -1.19. The average molecular weight is 174 g/mol. The van der Waals surface area contributed by atoms with E-state index in [2.05, 4.69) is 11.3 Å². The van der Waals surface area contributed by atoms with Gasteiger partial charge in [-0.2, -0.15) is 0 Å². The van der Waals surface area contributed by atoms with Gasteiger partial charge in [-0.3, -0.25) is 0 Å². The van der Waals surface area contributed by atoms with Crippen LogP contribution in [0.3, 0.4) is 0 Å². The van der Waals surface area contributed by atoms with Gasteiger partial charge >= 0.3 is 6.16 Å². The van der Waals surface area contributed by atoms with Crippen molar-refractivity contribution in [3.8, 4) is 0 Å². The Labute approximate surface area is 71.8 Å². The molecule has 0 aromatic carbocycles. The van der Waals surface area contributed by atoms with Crippen molar-refractivity contribution in [3.63, 3.8) is 0 Å². The predicted octanol–water partition coefficient (Wildman–Crippen LogP) is 2.01. The second-order valence-corrected chi connectivity index (χ2v) is 2.37. The molecule has 0 aliphatic carbocycles. The minimum atomic E-state index is -1.23. The highest BCUT2D eigenvalue weighted by Crippen LogP contribution is 2.01. The van der Waals surface area contributed by atoms with Gasteiger partial charge in [0.2, 0.25) is 0 Å². The summed E-state index contributed by atoms with van der Waals surface area (Å²) in [5.41, 5.74) is 0. The Kier molecular flexibility index (Phi) is 5.87. The summed E-state index contributed by atoms with van der Waals surface area (Å²) in [6.07, 6.45) is 1.65. The van der Waals surface area contributed by atoms with Gasteiger partial charge in [0.05, 0.1) is 19.0 Å². The van der Waals surface area contributed by atoms with Crippen LogP contribution in [0.1, 0.15) is 19.8 Å². The SMILES string of the molecule is C=COC(C)CCCOC(=O)O. The average Bonchev–Trinajstić information content (AvgIpc) is 1.98. The van der Waals surface area contributed by atoms with Crippen LogP contribution in [0.2, 0.25) is 0 Å². The molecule has 1 unspecified atom stereocenters. The van der Waals surface area contributed by atoms with Gasteiger partial charge in [-0.25, -0.2) is 4.79 Å². The lowest BCUT2D eigenvalue weighted by Crippen LogP contribution is -2.07. The van der Waals surface area contributed by atoms with E-state index in [1.807, 2.05) is 6.92 Å². The summed E-state index contributed by atoms with van der Waals surface area (Å²) in [6, 6.07) is 0. The van der Waals surface area contributed by atoms with Gasteiger partial charge < -0.3 is 14.6 Å². The molecule has 0 radical (unpaired) electrons. The van der Waals surface area contributed by atoms with Crippen LogP contribution in [0.15, 0.2) is 12.8 Å². The first kappa shape index (κ1) is 10.8. The fraction of sp³-hybridized carbons (Fsp3) is 0.625. The van der Waals surface area contributed by atoms with Crippen LogP contribution in [0.25, 0.3) is 0 Å². The number of ether oxygens (including phenoxy) is 2. The molecule has 70 valence electrons. The first-order chi connectivity index (χ1) is 5.66. The van der Waals surface area contributed by atoms with Crippen molar-refractivity contribution in [2.24, 2.45) is 0 Å². The van der Waals surface area contributed by atoms with E-state index in [1.165, 1.54) is 6.26 Å². The molecule has 0 amide bonds. The zero-order valence-electron chi connectivity index (χ0n) is 7.16. The standard InChI is InChI=1S/C8H14O4/c1-3-11-7(2)5-4-6-12-8(9)10/h3,7H,1,4-6H2,2H3,(H,9,10). The maximum absolute atomic E-state index is 9.90. The molecule has 1 N–H and O–H groups in total. The van der Waals surface area contributed by atoms with Gasteiger partial charge in [0, 0.05) is 0 Å². The molecule has 0 aromatic heterocycles. The van der Waals surface area contributed by atoms with E-state index in [4.69, 9.17) is 9.84 Å².